The quantitative estimate of drug-likeness (QED) is 0.766. The van der Waals surface area contributed by atoms with Gasteiger partial charge in [-0.1, -0.05) is 29.8 Å². The maximum absolute atomic E-state index is 12.1. The first-order valence-electron chi connectivity index (χ1n) is 8.90. The number of benzene rings is 1. The second-order valence-corrected chi connectivity index (χ2v) is 6.76. The Labute approximate surface area is 163 Å². The zero-order chi connectivity index (χ0) is 19.1. The van der Waals surface area contributed by atoms with Crippen molar-refractivity contribution in [3.8, 4) is 11.8 Å². The van der Waals surface area contributed by atoms with Crippen LogP contribution in [0.3, 0.4) is 0 Å². The number of ether oxygens (including phenoxy) is 2. The molecule has 3 rings (SSSR count). The zero-order valence-corrected chi connectivity index (χ0v) is 15.9. The van der Waals surface area contributed by atoms with Crippen molar-refractivity contribution in [2.75, 3.05) is 7.11 Å². The van der Waals surface area contributed by atoms with Gasteiger partial charge >= 0.3 is 0 Å². The Morgan fingerprint density at radius 1 is 1.19 bits per heavy atom. The molecule has 1 fully saturated rings. The van der Waals surface area contributed by atoms with E-state index in [4.69, 9.17) is 21.1 Å². The van der Waals surface area contributed by atoms with Gasteiger partial charge in [0.05, 0.1) is 19.5 Å². The summed E-state index contributed by atoms with van der Waals surface area (Å²) in [5, 5.41) is 3.66. The molecule has 1 aliphatic rings. The molecule has 27 heavy (non-hydrogen) atoms. The summed E-state index contributed by atoms with van der Waals surface area (Å²) in [4.78, 5) is 20.4. The molecule has 1 amide bonds. The summed E-state index contributed by atoms with van der Waals surface area (Å²) < 4.78 is 10.9. The Hall–Kier alpha value is -2.60. The van der Waals surface area contributed by atoms with Crippen LogP contribution in [0.25, 0.3) is 6.08 Å². The van der Waals surface area contributed by atoms with E-state index in [-0.39, 0.29) is 18.1 Å². The summed E-state index contributed by atoms with van der Waals surface area (Å²) in [5.41, 5.74) is 0.825. The largest absolute Gasteiger partial charge is 0.480 e. The fourth-order valence-corrected chi connectivity index (χ4v) is 3.21. The molecule has 2 aromatic rings. The summed E-state index contributed by atoms with van der Waals surface area (Å²) in [6.45, 7) is 0. The highest BCUT2D eigenvalue weighted by Crippen LogP contribution is 2.23. The zero-order valence-electron chi connectivity index (χ0n) is 15.1. The second kappa shape index (κ2) is 9.37. The van der Waals surface area contributed by atoms with Crippen LogP contribution in [0.15, 0.2) is 42.7 Å². The van der Waals surface area contributed by atoms with E-state index in [2.05, 4.69) is 15.3 Å². The highest BCUT2D eigenvalue weighted by atomic mass is 35.5. The van der Waals surface area contributed by atoms with Crippen LogP contribution in [0.1, 0.15) is 31.2 Å². The highest BCUT2D eigenvalue weighted by molar-refractivity contribution is 6.32. The van der Waals surface area contributed by atoms with E-state index < -0.39 is 0 Å². The number of methoxy groups -OCH3 is 1. The molecule has 0 atom stereocenters. The van der Waals surface area contributed by atoms with Crippen LogP contribution in [0.4, 0.5) is 0 Å². The van der Waals surface area contributed by atoms with Crippen LogP contribution in [0.2, 0.25) is 5.02 Å². The predicted octanol–water partition coefficient (Wildman–Crippen LogP) is 3.66. The standard InChI is InChI=1S/C20H22ClN3O3/c1-26-19-12-22-13-20(24-19)27-16-9-7-15(8-10-16)23-18(25)11-6-14-4-2-3-5-17(14)21/h2-6,11-13,15-16H,7-10H2,1H3,(H,23,25)/b11-6+. The van der Waals surface area contributed by atoms with Gasteiger partial charge in [0.2, 0.25) is 17.7 Å². The molecule has 0 unspecified atom stereocenters. The molecule has 142 valence electrons. The van der Waals surface area contributed by atoms with Gasteiger partial charge in [0.1, 0.15) is 6.10 Å². The molecule has 1 aromatic carbocycles. The van der Waals surface area contributed by atoms with Crippen LogP contribution < -0.4 is 14.8 Å². The van der Waals surface area contributed by atoms with Crippen LogP contribution in [-0.4, -0.2) is 35.1 Å². The van der Waals surface area contributed by atoms with E-state index in [0.29, 0.717) is 16.8 Å². The van der Waals surface area contributed by atoms with Gasteiger partial charge in [-0.15, -0.1) is 0 Å². The van der Waals surface area contributed by atoms with Crippen LogP contribution in [0, 0.1) is 0 Å². The van der Waals surface area contributed by atoms with E-state index in [9.17, 15) is 4.79 Å². The smallest absolute Gasteiger partial charge is 0.244 e. The number of nitrogens with one attached hydrogen (secondary N) is 1. The normalized spacial score (nSPS) is 19.6. The molecule has 1 aliphatic carbocycles. The summed E-state index contributed by atoms with van der Waals surface area (Å²) >= 11 is 6.09. The Balaban J connectivity index is 1.45. The lowest BCUT2D eigenvalue weighted by Gasteiger charge is -2.28. The van der Waals surface area contributed by atoms with Gasteiger partial charge in [0.15, 0.2) is 0 Å². The van der Waals surface area contributed by atoms with Crippen molar-refractivity contribution >= 4 is 23.6 Å². The first-order valence-corrected chi connectivity index (χ1v) is 9.27. The number of carbonyl (C=O) groups is 1. The van der Waals surface area contributed by atoms with Gasteiger partial charge in [0.25, 0.3) is 0 Å². The Morgan fingerprint density at radius 3 is 2.67 bits per heavy atom. The molecule has 0 bridgehead atoms. The van der Waals surface area contributed by atoms with Gasteiger partial charge in [-0.3, -0.25) is 9.78 Å². The summed E-state index contributed by atoms with van der Waals surface area (Å²) in [7, 11) is 1.54. The van der Waals surface area contributed by atoms with E-state index in [1.165, 1.54) is 12.3 Å². The molecule has 1 aromatic heterocycles. The second-order valence-electron chi connectivity index (χ2n) is 6.35. The highest BCUT2D eigenvalue weighted by Gasteiger charge is 2.23. The maximum Gasteiger partial charge on any atom is 0.244 e. The summed E-state index contributed by atoms with van der Waals surface area (Å²) in [5.74, 6) is 0.779. The molecule has 1 saturated carbocycles. The molecular weight excluding hydrogens is 366 g/mol. The SMILES string of the molecule is COc1cncc(OC2CCC(NC(=O)/C=C/c3ccccc3Cl)CC2)n1. The molecule has 6 nitrogen and oxygen atoms in total. The molecular formula is C20H22ClN3O3. The average molecular weight is 388 g/mol. The number of hydrogen-bond donors (Lipinski definition) is 1. The fraction of sp³-hybridized carbons (Fsp3) is 0.350. The Kier molecular flexibility index (Phi) is 6.65. The Morgan fingerprint density at radius 2 is 1.93 bits per heavy atom. The van der Waals surface area contributed by atoms with Gasteiger partial charge < -0.3 is 14.8 Å². The first kappa shape index (κ1) is 19.2. The Bertz CT molecular complexity index is 805. The van der Waals surface area contributed by atoms with Crippen molar-refractivity contribution in [3.63, 3.8) is 0 Å². The van der Waals surface area contributed by atoms with E-state index in [1.807, 2.05) is 18.2 Å². The van der Waals surface area contributed by atoms with E-state index in [0.717, 1.165) is 31.2 Å². The molecule has 0 radical (unpaired) electrons. The number of aromatic nitrogens is 2. The number of rotatable bonds is 6. The summed E-state index contributed by atoms with van der Waals surface area (Å²) in [6, 6.07) is 7.56. The lowest BCUT2D eigenvalue weighted by Crippen LogP contribution is -2.39. The van der Waals surface area contributed by atoms with Crippen molar-refractivity contribution in [1.82, 2.24) is 15.3 Å². The van der Waals surface area contributed by atoms with E-state index in [1.54, 1.807) is 25.4 Å². The fourth-order valence-electron chi connectivity index (χ4n) is 3.01. The van der Waals surface area contributed by atoms with Gasteiger partial charge in [-0.2, -0.15) is 4.98 Å². The minimum Gasteiger partial charge on any atom is -0.480 e. The summed E-state index contributed by atoms with van der Waals surface area (Å²) in [6.07, 6.45) is 9.84. The molecule has 0 saturated heterocycles. The van der Waals surface area contributed by atoms with Crippen LogP contribution in [0.5, 0.6) is 11.8 Å². The minimum atomic E-state index is -0.113. The monoisotopic (exact) mass is 387 g/mol. The molecule has 0 spiro atoms. The average Bonchev–Trinajstić information content (AvgIpc) is 2.69. The maximum atomic E-state index is 12.1. The van der Waals surface area contributed by atoms with Gasteiger partial charge in [0, 0.05) is 17.1 Å². The predicted molar refractivity (Wildman–Crippen MR) is 104 cm³/mol. The lowest BCUT2D eigenvalue weighted by molar-refractivity contribution is -0.117. The van der Waals surface area contributed by atoms with Crippen LogP contribution in [-0.2, 0) is 4.79 Å². The first-order chi connectivity index (χ1) is 13.1. The molecule has 1 N–H and O–H groups in total. The van der Waals surface area contributed by atoms with Crippen molar-refractivity contribution in [2.24, 2.45) is 0 Å². The molecule has 1 heterocycles. The number of carbonyl (C=O) groups excluding carboxylic acids is 1. The van der Waals surface area contributed by atoms with Gasteiger partial charge in [-0.05, 0) is 43.4 Å². The van der Waals surface area contributed by atoms with Crippen molar-refractivity contribution in [3.05, 3.63) is 53.3 Å². The molecule has 7 heteroatoms. The third-order valence-corrected chi connectivity index (χ3v) is 4.77. The van der Waals surface area contributed by atoms with E-state index >= 15 is 0 Å². The molecule has 0 aliphatic heterocycles. The van der Waals surface area contributed by atoms with Crippen LogP contribution >= 0.6 is 11.6 Å². The number of halogens is 1. The number of nitrogens with zero attached hydrogens (tertiary/aromatic N) is 2. The lowest BCUT2D eigenvalue weighted by atomic mass is 9.93. The number of amides is 1. The third kappa shape index (κ3) is 5.69. The topological polar surface area (TPSA) is 73.3 Å². The third-order valence-electron chi connectivity index (χ3n) is 4.43. The van der Waals surface area contributed by atoms with Crippen molar-refractivity contribution in [1.29, 1.82) is 0 Å². The van der Waals surface area contributed by atoms with Crippen molar-refractivity contribution in [2.45, 2.75) is 37.8 Å². The van der Waals surface area contributed by atoms with Crippen molar-refractivity contribution < 1.29 is 14.3 Å². The number of hydrogen-bond acceptors (Lipinski definition) is 5. The minimum absolute atomic E-state index is 0.0678. The van der Waals surface area contributed by atoms with Gasteiger partial charge in [-0.25, -0.2) is 0 Å².